The van der Waals surface area contributed by atoms with Crippen LogP contribution in [0.3, 0.4) is 0 Å². The van der Waals surface area contributed by atoms with E-state index in [1.165, 1.54) is 5.56 Å². The molecule has 1 aliphatic heterocycles. The molecule has 0 aromatic heterocycles. The van der Waals surface area contributed by atoms with E-state index in [0.29, 0.717) is 6.61 Å². The van der Waals surface area contributed by atoms with Gasteiger partial charge in [0.1, 0.15) is 6.61 Å². The number of rotatable bonds is 0. The maximum absolute atomic E-state index is 5.78. The Hall–Kier alpha value is -2.40. The highest BCUT2D eigenvalue weighted by Gasteiger charge is 2.18. The molecule has 0 N–H and O–H groups in total. The summed E-state index contributed by atoms with van der Waals surface area (Å²) in [5, 5.41) is 0. The Morgan fingerprint density at radius 1 is 1.00 bits per heavy atom. The van der Waals surface area contributed by atoms with E-state index >= 15 is 0 Å². The first-order valence-electron chi connectivity index (χ1n) is 6.28. The van der Waals surface area contributed by atoms with Gasteiger partial charge in [-0.3, -0.25) is 0 Å². The quantitative estimate of drug-likeness (QED) is 0.668. The SMILES string of the molecule is Cc1ccc(C#CC2COc3ccccc3O2)cc1. The molecule has 0 fully saturated rings. The molecule has 1 atom stereocenters. The fourth-order valence-corrected chi connectivity index (χ4v) is 1.89. The molecule has 1 unspecified atom stereocenters. The highest BCUT2D eigenvalue weighted by molar-refractivity contribution is 5.42. The largest absolute Gasteiger partial charge is 0.485 e. The van der Waals surface area contributed by atoms with Gasteiger partial charge in [-0.05, 0) is 37.1 Å². The maximum atomic E-state index is 5.78. The first-order chi connectivity index (χ1) is 9.31. The molecule has 0 spiro atoms. The Bertz CT molecular complexity index is 632. The summed E-state index contributed by atoms with van der Waals surface area (Å²) in [6, 6.07) is 15.8. The van der Waals surface area contributed by atoms with Gasteiger partial charge in [-0.2, -0.15) is 0 Å². The van der Waals surface area contributed by atoms with Crippen molar-refractivity contribution >= 4 is 0 Å². The van der Waals surface area contributed by atoms with Crippen LogP contribution >= 0.6 is 0 Å². The van der Waals surface area contributed by atoms with E-state index in [4.69, 9.17) is 9.47 Å². The molecule has 19 heavy (non-hydrogen) atoms. The van der Waals surface area contributed by atoms with Gasteiger partial charge in [-0.1, -0.05) is 35.7 Å². The fourth-order valence-electron chi connectivity index (χ4n) is 1.89. The highest BCUT2D eigenvalue weighted by Crippen LogP contribution is 2.30. The highest BCUT2D eigenvalue weighted by atomic mass is 16.6. The van der Waals surface area contributed by atoms with Gasteiger partial charge >= 0.3 is 0 Å². The van der Waals surface area contributed by atoms with Crippen molar-refractivity contribution in [2.24, 2.45) is 0 Å². The van der Waals surface area contributed by atoms with E-state index < -0.39 is 0 Å². The van der Waals surface area contributed by atoms with E-state index in [1.807, 2.05) is 36.4 Å². The van der Waals surface area contributed by atoms with Gasteiger partial charge in [0.15, 0.2) is 17.6 Å². The minimum atomic E-state index is -0.212. The summed E-state index contributed by atoms with van der Waals surface area (Å²) in [7, 11) is 0. The van der Waals surface area contributed by atoms with Gasteiger partial charge in [0.25, 0.3) is 0 Å². The van der Waals surface area contributed by atoms with E-state index in [-0.39, 0.29) is 6.10 Å². The van der Waals surface area contributed by atoms with Crippen LogP contribution in [0.1, 0.15) is 11.1 Å². The lowest BCUT2D eigenvalue weighted by Crippen LogP contribution is -2.27. The van der Waals surface area contributed by atoms with Crippen LogP contribution < -0.4 is 9.47 Å². The van der Waals surface area contributed by atoms with Gasteiger partial charge < -0.3 is 9.47 Å². The van der Waals surface area contributed by atoms with Gasteiger partial charge in [0.05, 0.1) is 0 Å². The fraction of sp³-hybridized carbons (Fsp3) is 0.176. The van der Waals surface area contributed by atoms with Gasteiger partial charge in [-0.15, -0.1) is 0 Å². The van der Waals surface area contributed by atoms with E-state index in [2.05, 4.69) is 30.9 Å². The lowest BCUT2D eigenvalue weighted by molar-refractivity contribution is 0.129. The number of hydrogen-bond acceptors (Lipinski definition) is 2. The minimum Gasteiger partial charge on any atom is -0.485 e. The topological polar surface area (TPSA) is 18.5 Å². The number of fused-ring (bicyclic) bond motifs is 1. The lowest BCUT2D eigenvalue weighted by atomic mass is 10.1. The van der Waals surface area contributed by atoms with Crippen LogP contribution in [-0.2, 0) is 0 Å². The molecule has 0 saturated heterocycles. The number of hydrogen-bond donors (Lipinski definition) is 0. The summed E-state index contributed by atoms with van der Waals surface area (Å²) in [4.78, 5) is 0. The molecule has 2 heteroatoms. The van der Waals surface area contributed by atoms with Crippen molar-refractivity contribution in [2.75, 3.05) is 6.61 Å². The second-order valence-corrected chi connectivity index (χ2v) is 4.50. The van der Waals surface area contributed by atoms with Crippen LogP contribution in [0.2, 0.25) is 0 Å². The maximum Gasteiger partial charge on any atom is 0.193 e. The summed E-state index contributed by atoms with van der Waals surface area (Å²) in [5.74, 6) is 7.77. The predicted molar refractivity (Wildman–Crippen MR) is 74.4 cm³/mol. The standard InChI is InChI=1S/C17H14O2/c1-13-6-8-14(9-7-13)10-11-15-12-18-16-4-2-3-5-17(16)19-15/h2-9,15H,12H2,1H3. The third-order valence-corrected chi connectivity index (χ3v) is 2.94. The van der Waals surface area contributed by atoms with Crippen LogP contribution in [0, 0.1) is 18.8 Å². The summed E-state index contributed by atoms with van der Waals surface area (Å²) >= 11 is 0. The van der Waals surface area contributed by atoms with Crippen molar-refractivity contribution in [1.82, 2.24) is 0 Å². The summed E-state index contributed by atoms with van der Waals surface area (Å²) in [5.41, 5.74) is 2.23. The normalized spacial score (nSPS) is 16.4. The van der Waals surface area contributed by atoms with Crippen LogP contribution in [0.15, 0.2) is 48.5 Å². The van der Waals surface area contributed by atoms with Crippen molar-refractivity contribution < 1.29 is 9.47 Å². The van der Waals surface area contributed by atoms with E-state index in [1.54, 1.807) is 0 Å². The summed E-state index contributed by atoms with van der Waals surface area (Å²) in [6.45, 7) is 2.53. The molecule has 0 bridgehead atoms. The smallest absolute Gasteiger partial charge is 0.193 e. The lowest BCUT2D eigenvalue weighted by Gasteiger charge is -2.22. The first kappa shape index (κ1) is 11.7. The average molecular weight is 250 g/mol. The Morgan fingerprint density at radius 3 is 2.53 bits per heavy atom. The van der Waals surface area contributed by atoms with E-state index in [9.17, 15) is 0 Å². The van der Waals surface area contributed by atoms with Crippen LogP contribution in [0.4, 0.5) is 0 Å². The van der Waals surface area contributed by atoms with Crippen LogP contribution in [-0.4, -0.2) is 12.7 Å². The molecular formula is C17H14O2. The van der Waals surface area contributed by atoms with E-state index in [0.717, 1.165) is 17.1 Å². The molecule has 2 aromatic rings. The Morgan fingerprint density at radius 2 is 1.74 bits per heavy atom. The van der Waals surface area contributed by atoms with Crippen molar-refractivity contribution in [1.29, 1.82) is 0 Å². The molecule has 94 valence electrons. The van der Waals surface area contributed by atoms with Gasteiger partial charge in [0.2, 0.25) is 0 Å². The second-order valence-electron chi connectivity index (χ2n) is 4.50. The number of ether oxygens (including phenoxy) is 2. The van der Waals surface area contributed by atoms with Gasteiger partial charge in [0, 0.05) is 5.56 Å². The van der Waals surface area contributed by atoms with Crippen LogP contribution in [0.25, 0.3) is 0 Å². The molecule has 3 rings (SSSR count). The molecule has 2 nitrogen and oxygen atoms in total. The molecular weight excluding hydrogens is 236 g/mol. The molecule has 1 heterocycles. The predicted octanol–water partition coefficient (Wildman–Crippen LogP) is 3.19. The average Bonchev–Trinajstić information content (AvgIpc) is 2.46. The number of benzene rings is 2. The Balaban J connectivity index is 1.74. The third kappa shape index (κ3) is 2.71. The number of aryl methyl sites for hydroxylation is 1. The molecule has 0 saturated carbocycles. The third-order valence-electron chi connectivity index (χ3n) is 2.94. The molecule has 1 aliphatic rings. The second kappa shape index (κ2) is 5.07. The minimum absolute atomic E-state index is 0.212. The zero-order valence-corrected chi connectivity index (χ0v) is 10.7. The Kier molecular flexibility index (Phi) is 3.12. The molecule has 0 aliphatic carbocycles. The zero-order valence-electron chi connectivity index (χ0n) is 10.7. The molecule has 0 amide bonds. The molecule has 2 aromatic carbocycles. The zero-order chi connectivity index (χ0) is 13.1. The van der Waals surface area contributed by atoms with Gasteiger partial charge in [-0.25, -0.2) is 0 Å². The first-order valence-corrected chi connectivity index (χ1v) is 6.28. The summed E-state index contributed by atoms with van der Waals surface area (Å²) in [6.07, 6.45) is -0.212. The molecule has 0 radical (unpaired) electrons. The van der Waals surface area contributed by atoms with Crippen molar-refractivity contribution in [3.05, 3.63) is 59.7 Å². The van der Waals surface area contributed by atoms with Crippen molar-refractivity contribution in [3.63, 3.8) is 0 Å². The monoisotopic (exact) mass is 250 g/mol. The number of para-hydroxylation sites is 2. The Labute approximate surface area is 113 Å². The summed E-state index contributed by atoms with van der Waals surface area (Å²) < 4.78 is 11.4. The van der Waals surface area contributed by atoms with Crippen molar-refractivity contribution in [3.8, 4) is 23.3 Å². The van der Waals surface area contributed by atoms with Crippen LogP contribution in [0.5, 0.6) is 11.5 Å². The van der Waals surface area contributed by atoms with Crippen molar-refractivity contribution in [2.45, 2.75) is 13.0 Å².